The van der Waals surface area contributed by atoms with E-state index in [4.69, 9.17) is 36.7 Å². The number of benzene rings is 1. The van der Waals surface area contributed by atoms with Gasteiger partial charge in [-0.1, -0.05) is 19.9 Å². The minimum atomic E-state index is -4.68. The highest BCUT2D eigenvalue weighted by Gasteiger charge is 2.52. The van der Waals surface area contributed by atoms with Crippen LogP contribution in [-0.2, 0) is 55.5 Å². The molecule has 18 nitrogen and oxygen atoms in total. The zero-order valence-electron chi connectivity index (χ0n) is 34.0. The molecular formula is C36H58N4O14P2. The van der Waals surface area contributed by atoms with Crippen molar-refractivity contribution in [3.63, 3.8) is 0 Å². The molecule has 1 aromatic heterocycles. The Morgan fingerprint density at radius 2 is 1.48 bits per heavy atom. The average molecular weight is 833 g/mol. The summed E-state index contributed by atoms with van der Waals surface area (Å²) >= 11 is 0. The molecule has 56 heavy (non-hydrogen) atoms. The largest absolute Gasteiger partial charge is 0.496 e. The smallest absolute Gasteiger partial charge is 0.477 e. The Hall–Kier alpha value is -3.18. The maximum Gasteiger partial charge on any atom is 0.477 e. The quantitative estimate of drug-likeness (QED) is 0.0532. The van der Waals surface area contributed by atoms with Gasteiger partial charge in [-0.05, 0) is 92.3 Å². The number of ketones is 1. The van der Waals surface area contributed by atoms with E-state index in [0.29, 0.717) is 29.6 Å². The van der Waals surface area contributed by atoms with Gasteiger partial charge in [0, 0.05) is 29.8 Å². The fourth-order valence-electron chi connectivity index (χ4n) is 5.76. The highest BCUT2D eigenvalue weighted by Crippen LogP contribution is 2.55. The van der Waals surface area contributed by atoms with E-state index >= 15 is 0 Å². The standard InChI is InChI=1S/C36H58N4O14P2/c1-21(2)19-36(54-56(46,52-24(7)8)53-25(9)10,39-34(43)30-18-27-28(38-30)13-12-14-32(27)47-11)35(44)49-40-29(17-26-15-16-37-33(26)42)31(41)20-48-55(45,50-22(3)4)51-23(5)6/h12-14,18,21-26,29,38,40H,15-17,19-20H2,1-11H3,(H,37,42)(H,39,43)/t26-,29-,36-/m0/s1. The normalized spacial score (nSPS) is 16.9. The first-order chi connectivity index (χ1) is 26.1. The Labute approximate surface area is 328 Å². The number of amides is 2. The molecule has 1 aliphatic heterocycles. The second kappa shape index (κ2) is 20.5. The molecule has 0 aliphatic carbocycles. The number of Topliss-reactive ketones (excluding diaryl/α,β-unsaturated/α-hetero) is 1. The Morgan fingerprint density at radius 1 is 0.893 bits per heavy atom. The highest BCUT2D eigenvalue weighted by molar-refractivity contribution is 7.48. The zero-order chi connectivity index (χ0) is 42.0. The van der Waals surface area contributed by atoms with Gasteiger partial charge in [0.1, 0.15) is 24.1 Å². The Bertz CT molecular complexity index is 1740. The van der Waals surface area contributed by atoms with Gasteiger partial charge < -0.3 is 25.2 Å². The van der Waals surface area contributed by atoms with Gasteiger partial charge >= 0.3 is 21.6 Å². The highest BCUT2D eigenvalue weighted by atomic mass is 31.2. The van der Waals surface area contributed by atoms with Gasteiger partial charge in [0.2, 0.25) is 5.91 Å². The van der Waals surface area contributed by atoms with Gasteiger partial charge in [0.25, 0.3) is 11.6 Å². The molecule has 1 fully saturated rings. The Morgan fingerprint density at radius 3 is 2.00 bits per heavy atom. The van der Waals surface area contributed by atoms with Crippen LogP contribution < -0.4 is 20.9 Å². The zero-order valence-corrected chi connectivity index (χ0v) is 35.8. The molecule has 0 saturated carbocycles. The molecule has 0 radical (unpaired) electrons. The lowest BCUT2D eigenvalue weighted by Gasteiger charge is -2.36. The maximum absolute atomic E-state index is 14.5. The summed E-state index contributed by atoms with van der Waals surface area (Å²) in [5.41, 5.74) is 0.388. The van der Waals surface area contributed by atoms with E-state index in [0.717, 1.165) is 0 Å². The first-order valence-corrected chi connectivity index (χ1v) is 21.6. The third kappa shape index (κ3) is 13.7. The summed E-state index contributed by atoms with van der Waals surface area (Å²) in [6.45, 7) is 15.7. The fourth-order valence-corrected chi connectivity index (χ4v) is 9.00. The third-order valence-electron chi connectivity index (χ3n) is 7.79. The van der Waals surface area contributed by atoms with Crippen molar-refractivity contribution in [1.82, 2.24) is 21.1 Å². The topological polar surface area (TPSA) is 228 Å². The molecule has 2 heterocycles. The molecule has 20 heteroatoms. The summed E-state index contributed by atoms with van der Waals surface area (Å²) in [4.78, 5) is 63.4. The minimum Gasteiger partial charge on any atom is -0.496 e. The predicted octanol–water partition coefficient (Wildman–Crippen LogP) is 6.11. The summed E-state index contributed by atoms with van der Waals surface area (Å²) in [7, 11) is -7.43. The van der Waals surface area contributed by atoms with Crippen LogP contribution in [0.25, 0.3) is 10.9 Å². The van der Waals surface area contributed by atoms with Crippen LogP contribution in [0.4, 0.5) is 0 Å². The number of rotatable bonds is 24. The molecular weight excluding hydrogens is 774 g/mol. The van der Waals surface area contributed by atoms with Crippen molar-refractivity contribution in [2.24, 2.45) is 11.8 Å². The van der Waals surface area contributed by atoms with Crippen molar-refractivity contribution >= 4 is 50.1 Å². The SMILES string of the molecule is COc1cccc2[nH]c(C(=O)N[C@@](CC(C)C)(OP(=O)(OC(C)C)OC(C)C)C(=O)ON[C@@H](C[C@@H]3CCNC3=O)C(=O)COP(=O)(OC(C)C)OC(C)C)cc12. The van der Waals surface area contributed by atoms with Crippen molar-refractivity contribution in [2.45, 2.75) is 125 Å². The molecule has 316 valence electrons. The number of hydrogen-bond acceptors (Lipinski definition) is 15. The molecule has 3 atom stereocenters. The first-order valence-electron chi connectivity index (χ1n) is 18.6. The van der Waals surface area contributed by atoms with Crippen LogP contribution >= 0.6 is 15.6 Å². The van der Waals surface area contributed by atoms with E-state index in [1.165, 1.54) is 13.2 Å². The molecule has 1 aromatic carbocycles. The average Bonchev–Trinajstić information content (AvgIpc) is 3.69. The van der Waals surface area contributed by atoms with E-state index in [-0.39, 0.29) is 24.4 Å². The van der Waals surface area contributed by atoms with Gasteiger partial charge in [-0.15, -0.1) is 5.48 Å². The molecule has 3 rings (SSSR count). The van der Waals surface area contributed by atoms with Crippen molar-refractivity contribution in [1.29, 1.82) is 0 Å². The number of ether oxygens (including phenoxy) is 1. The number of carbonyl (C=O) groups is 4. The van der Waals surface area contributed by atoms with Crippen LogP contribution in [0.15, 0.2) is 24.3 Å². The van der Waals surface area contributed by atoms with Gasteiger partial charge in [0.05, 0.1) is 31.5 Å². The van der Waals surface area contributed by atoms with Crippen molar-refractivity contribution in [3.05, 3.63) is 30.0 Å². The lowest BCUT2D eigenvalue weighted by atomic mass is 9.96. The number of methoxy groups -OCH3 is 1. The number of nitrogens with one attached hydrogen (secondary N) is 4. The number of H-pyrrole nitrogens is 1. The summed E-state index contributed by atoms with van der Waals surface area (Å²) in [6.07, 6.45) is -2.75. The number of aromatic amines is 1. The predicted molar refractivity (Wildman–Crippen MR) is 205 cm³/mol. The number of aromatic nitrogens is 1. The van der Waals surface area contributed by atoms with E-state index in [9.17, 15) is 28.3 Å². The molecule has 2 amide bonds. The number of phosphoric acid groups is 2. The summed E-state index contributed by atoms with van der Waals surface area (Å²) in [5.74, 6) is -3.93. The van der Waals surface area contributed by atoms with Crippen molar-refractivity contribution < 1.29 is 65.0 Å². The van der Waals surface area contributed by atoms with Gasteiger partial charge in [0.15, 0.2) is 5.78 Å². The second-order valence-electron chi connectivity index (χ2n) is 14.9. The lowest BCUT2D eigenvalue weighted by molar-refractivity contribution is -0.180. The van der Waals surface area contributed by atoms with Crippen LogP contribution in [0, 0.1) is 11.8 Å². The van der Waals surface area contributed by atoms with Crippen LogP contribution in [0.1, 0.15) is 99.0 Å². The second-order valence-corrected chi connectivity index (χ2v) is 18.0. The van der Waals surface area contributed by atoms with Crippen molar-refractivity contribution in [2.75, 3.05) is 20.3 Å². The number of fused-ring (bicyclic) bond motifs is 1. The third-order valence-corrected chi connectivity index (χ3v) is 11.5. The van der Waals surface area contributed by atoms with Crippen molar-refractivity contribution in [3.8, 4) is 5.75 Å². The van der Waals surface area contributed by atoms with Crippen LogP contribution in [0.5, 0.6) is 5.75 Å². The lowest BCUT2D eigenvalue weighted by Crippen LogP contribution is -2.59. The number of phosphoric ester groups is 2. The van der Waals surface area contributed by atoms with Gasteiger partial charge in [-0.3, -0.25) is 37.0 Å². The Kier molecular flexibility index (Phi) is 17.3. The van der Waals surface area contributed by atoms with Crippen LogP contribution in [0.3, 0.4) is 0 Å². The Balaban J connectivity index is 2.05. The van der Waals surface area contributed by atoms with E-state index in [2.05, 4.69) is 21.1 Å². The monoisotopic (exact) mass is 832 g/mol. The van der Waals surface area contributed by atoms with Gasteiger partial charge in [-0.25, -0.2) is 18.4 Å². The number of hydrogen-bond donors (Lipinski definition) is 4. The molecule has 1 aliphatic rings. The summed E-state index contributed by atoms with van der Waals surface area (Å²) < 4.78 is 66.5. The first kappa shape index (κ1) is 47.2. The molecule has 1 saturated heterocycles. The summed E-state index contributed by atoms with van der Waals surface area (Å²) in [5, 5.41) is 5.83. The van der Waals surface area contributed by atoms with E-state index in [1.807, 2.05) is 0 Å². The number of carbonyl (C=O) groups excluding carboxylic acids is 4. The molecule has 2 aromatic rings. The van der Waals surface area contributed by atoms with E-state index < -0.39 is 87.9 Å². The summed E-state index contributed by atoms with van der Waals surface area (Å²) in [6, 6.07) is 5.25. The van der Waals surface area contributed by atoms with Gasteiger partial charge in [-0.2, -0.15) is 0 Å². The fraction of sp³-hybridized carbons (Fsp3) is 0.667. The molecule has 0 unspecified atom stereocenters. The number of hydroxylamine groups is 1. The minimum absolute atomic E-state index is 0.0134. The molecule has 0 bridgehead atoms. The maximum atomic E-state index is 14.5. The van der Waals surface area contributed by atoms with Crippen LogP contribution in [-0.4, -0.2) is 85.0 Å². The van der Waals surface area contributed by atoms with E-state index in [1.54, 1.807) is 87.4 Å². The molecule has 4 N–H and O–H groups in total. The van der Waals surface area contributed by atoms with Crippen LogP contribution in [0.2, 0.25) is 0 Å². The molecule has 0 spiro atoms.